The van der Waals surface area contributed by atoms with Crippen molar-refractivity contribution in [3.8, 4) is 0 Å². The van der Waals surface area contributed by atoms with E-state index in [1.165, 1.54) is 36.8 Å². The molecule has 0 aromatic heterocycles. The second kappa shape index (κ2) is 10.8. The summed E-state index contributed by atoms with van der Waals surface area (Å²) in [5.41, 5.74) is 2.67. The van der Waals surface area contributed by atoms with Crippen LogP contribution in [0.2, 0.25) is 0 Å². The van der Waals surface area contributed by atoms with Gasteiger partial charge in [0.1, 0.15) is 0 Å². The van der Waals surface area contributed by atoms with E-state index in [2.05, 4.69) is 50.4 Å². The fourth-order valence-corrected chi connectivity index (χ4v) is 2.61. The first-order valence-electron chi connectivity index (χ1n) is 8.52. The Labute approximate surface area is 131 Å². The van der Waals surface area contributed by atoms with Crippen molar-refractivity contribution in [1.29, 1.82) is 0 Å². The standard InChI is InChI=1S/C19H33NO/c1-5-7-8-17(6-2)14-21-15-18-9-11-19(12-10-18)16(3)13-20-4/h9-12,16-17,20H,5-8,13-15H2,1-4H3. The Bertz CT molecular complexity index is 360. The maximum atomic E-state index is 5.91. The molecule has 0 saturated heterocycles. The van der Waals surface area contributed by atoms with Crippen LogP contribution in [0.1, 0.15) is 63.5 Å². The Morgan fingerprint density at radius 1 is 1.14 bits per heavy atom. The number of likely N-dealkylation sites (N-methyl/N-ethyl adjacent to an activating group) is 1. The van der Waals surface area contributed by atoms with Gasteiger partial charge in [-0.2, -0.15) is 0 Å². The average Bonchev–Trinajstić information content (AvgIpc) is 2.51. The molecule has 0 heterocycles. The van der Waals surface area contributed by atoms with Gasteiger partial charge in [-0.25, -0.2) is 0 Å². The predicted octanol–water partition coefficient (Wildman–Crippen LogP) is 4.74. The SMILES string of the molecule is CCCCC(CC)COCc1ccc(C(C)CNC)cc1. The van der Waals surface area contributed by atoms with Crippen molar-refractivity contribution >= 4 is 0 Å². The Morgan fingerprint density at radius 2 is 1.86 bits per heavy atom. The molecule has 120 valence electrons. The Hall–Kier alpha value is -0.860. The topological polar surface area (TPSA) is 21.3 Å². The first-order valence-corrected chi connectivity index (χ1v) is 8.52. The molecule has 0 amide bonds. The number of hydrogen-bond acceptors (Lipinski definition) is 2. The minimum Gasteiger partial charge on any atom is -0.376 e. The van der Waals surface area contributed by atoms with Gasteiger partial charge in [0.05, 0.1) is 6.61 Å². The van der Waals surface area contributed by atoms with Crippen LogP contribution < -0.4 is 5.32 Å². The third kappa shape index (κ3) is 7.10. The zero-order chi connectivity index (χ0) is 15.5. The molecule has 0 aliphatic heterocycles. The van der Waals surface area contributed by atoms with Gasteiger partial charge in [0.25, 0.3) is 0 Å². The molecule has 0 radical (unpaired) electrons. The number of hydrogen-bond donors (Lipinski definition) is 1. The van der Waals surface area contributed by atoms with Gasteiger partial charge in [-0.3, -0.25) is 0 Å². The second-order valence-corrected chi connectivity index (χ2v) is 6.13. The molecular weight excluding hydrogens is 258 g/mol. The molecule has 2 nitrogen and oxygen atoms in total. The van der Waals surface area contributed by atoms with E-state index < -0.39 is 0 Å². The summed E-state index contributed by atoms with van der Waals surface area (Å²) in [6, 6.07) is 8.87. The lowest BCUT2D eigenvalue weighted by Gasteiger charge is -2.15. The van der Waals surface area contributed by atoms with E-state index in [-0.39, 0.29) is 0 Å². The van der Waals surface area contributed by atoms with Crippen LogP contribution in [0.4, 0.5) is 0 Å². The van der Waals surface area contributed by atoms with E-state index in [4.69, 9.17) is 4.74 Å². The quantitative estimate of drug-likeness (QED) is 0.635. The van der Waals surface area contributed by atoms with Crippen LogP contribution in [0.15, 0.2) is 24.3 Å². The first kappa shape index (κ1) is 18.2. The molecule has 0 spiro atoms. The molecule has 2 atom stereocenters. The van der Waals surface area contributed by atoms with Gasteiger partial charge in [0.2, 0.25) is 0 Å². The van der Waals surface area contributed by atoms with Crippen molar-refractivity contribution in [2.24, 2.45) is 5.92 Å². The Kier molecular flexibility index (Phi) is 9.36. The number of rotatable bonds is 11. The third-order valence-corrected chi connectivity index (χ3v) is 4.22. The van der Waals surface area contributed by atoms with E-state index in [1.807, 2.05) is 7.05 Å². The lowest BCUT2D eigenvalue weighted by atomic mass is 10.00. The Morgan fingerprint density at radius 3 is 2.43 bits per heavy atom. The van der Waals surface area contributed by atoms with Gasteiger partial charge in [-0.15, -0.1) is 0 Å². The van der Waals surface area contributed by atoms with Crippen molar-refractivity contribution in [3.63, 3.8) is 0 Å². The lowest BCUT2D eigenvalue weighted by molar-refractivity contribution is 0.0820. The van der Waals surface area contributed by atoms with E-state index in [9.17, 15) is 0 Å². The van der Waals surface area contributed by atoms with Crippen LogP contribution in [0.3, 0.4) is 0 Å². The van der Waals surface area contributed by atoms with Crippen LogP contribution in [0.25, 0.3) is 0 Å². The number of benzene rings is 1. The molecule has 2 unspecified atom stereocenters. The maximum Gasteiger partial charge on any atom is 0.0717 e. The van der Waals surface area contributed by atoms with Gasteiger partial charge in [-0.1, -0.05) is 64.3 Å². The average molecular weight is 291 g/mol. The molecule has 1 aromatic rings. The van der Waals surface area contributed by atoms with Crippen LogP contribution in [0, 0.1) is 5.92 Å². The van der Waals surface area contributed by atoms with Crippen molar-refractivity contribution in [1.82, 2.24) is 5.32 Å². The molecule has 1 rings (SSSR count). The number of ether oxygens (including phenoxy) is 1. The molecule has 0 fully saturated rings. The van der Waals surface area contributed by atoms with Crippen molar-refractivity contribution < 1.29 is 4.74 Å². The first-order chi connectivity index (χ1) is 10.2. The smallest absolute Gasteiger partial charge is 0.0717 e. The Balaban J connectivity index is 2.35. The molecule has 1 aromatic carbocycles. The van der Waals surface area contributed by atoms with E-state index in [0.29, 0.717) is 5.92 Å². The minimum atomic E-state index is 0.559. The van der Waals surface area contributed by atoms with Crippen LogP contribution in [-0.4, -0.2) is 20.2 Å². The number of unbranched alkanes of at least 4 members (excludes halogenated alkanes) is 1. The third-order valence-electron chi connectivity index (χ3n) is 4.22. The van der Waals surface area contributed by atoms with Crippen molar-refractivity contribution in [2.75, 3.05) is 20.2 Å². The summed E-state index contributed by atoms with van der Waals surface area (Å²) in [7, 11) is 2.00. The molecule has 0 aliphatic carbocycles. The molecule has 2 heteroatoms. The van der Waals surface area contributed by atoms with E-state index >= 15 is 0 Å². The molecule has 0 bridgehead atoms. The zero-order valence-electron chi connectivity index (χ0n) is 14.3. The highest BCUT2D eigenvalue weighted by Gasteiger charge is 2.07. The van der Waals surface area contributed by atoms with Crippen molar-refractivity contribution in [2.45, 2.75) is 59.0 Å². The van der Waals surface area contributed by atoms with Crippen LogP contribution in [-0.2, 0) is 11.3 Å². The van der Waals surface area contributed by atoms with Crippen molar-refractivity contribution in [3.05, 3.63) is 35.4 Å². The summed E-state index contributed by atoms with van der Waals surface area (Å²) in [5, 5.41) is 3.23. The molecular formula is C19H33NO. The highest BCUT2D eigenvalue weighted by molar-refractivity contribution is 5.24. The van der Waals surface area contributed by atoms with Gasteiger partial charge in [0, 0.05) is 13.2 Å². The summed E-state index contributed by atoms with van der Waals surface area (Å²) in [6.07, 6.45) is 5.12. The van der Waals surface area contributed by atoms with Gasteiger partial charge in [-0.05, 0) is 36.4 Å². The van der Waals surface area contributed by atoms with Gasteiger partial charge >= 0.3 is 0 Å². The molecule has 0 saturated carbocycles. The zero-order valence-corrected chi connectivity index (χ0v) is 14.3. The summed E-state index contributed by atoms with van der Waals surface area (Å²) in [4.78, 5) is 0. The maximum absolute atomic E-state index is 5.91. The summed E-state index contributed by atoms with van der Waals surface area (Å²) in [5.74, 6) is 1.28. The fraction of sp³-hybridized carbons (Fsp3) is 0.684. The van der Waals surface area contributed by atoms with E-state index in [0.717, 1.165) is 25.7 Å². The van der Waals surface area contributed by atoms with Crippen LogP contribution >= 0.6 is 0 Å². The molecule has 0 aliphatic rings. The van der Waals surface area contributed by atoms with Gasteiger partial charge in [0.15, 0.2) is 0 Å². The normalized spacial score (nSPS) is 14.1. The summed E-state index contributed by atoms with van der Waals surface area (Å²) in [6.45, 7) is 9.43. The minimum absolute atomic E-state index is 0.559. The predicted molar refractivity (Wildman–Crippen MR) is 91.7 cm³/mol. The van der Waals surface area contributed by atoms with E-state index in [1.54, 1.807) is 0 Å². The highest BCUT2D eigenvalue weighted by atomic mass is 16.5. The van der Waals surface area contributed by atoms with Gasteiger partial charge < -0.3 is 10.1 Å². The monoisotopic (exact) mass is 291 g/mol. The largest absolute Gasteiger partial charge is 0.376 e. The highest BCUT2D eigenvalue weighted by Crippen LogP contribution is 2.17. The lowest BCUT2D eigenvalue weighted by Crippen LogP contribution is -2.14. The summed E-state index contributed by atoms with van der Waals surface area (Å²) < 4.78 is 5.91. The number of nitrogens with one attached hydrogen (secondary N) is 1. The second-order valence-electron chi connectivity index (χ2n) is 6.13. The molecule has 21 heavy (non-hydrogen) atoms. The molecule has 1 N–H and O–H groups in total. The van der Waals surface area contributed by atoms with Crippen LogP contribution in [0.5, 0.6) is 0 Å². The summed E-state index contributed by atoms with van der Waals surface area (Å²) >= 11 is 0. The fourth-order valence-electron chi connectivity index (χ4n) is 2.61.